The topological polar surface area (TPSA) is 102 Å². The molecule has 3 N–H and O–H groups in total. The van der Waals surface area contributed by atoms with Crippen molar-refractivity contribution in [1.29, 1.82) is 5.26 Å². The zero-order chi connectivity index (χ0) is 15.0. The predicted molar refractivity (Wildman–Crippen MR) is 74.1 cm³/mol. The summed E-state index contributed by atoms with van der Waals surface area (Å²) >= 11 is 0. The highest BCUT2D eigenvalue weighted by Gasteiger charge is 2.16. The number of rotatable bonds is 7. The summed E-state index contributed by atoms with van der Waals surface area (Å²) in [4.78, 5) is 22.6. The number of carbonyl (C=O) groups excluding carboxylic acids is 1. The van der Waals surface area contributed by atoms with Crippen LogP contribution < -0.4 is 10.6 Å². The van der Waals surface area contributed by atoms with Gasteiger partial charge in [-0.3, -0.25) is 14.9 Å². The Kier molecular flexibility index (Phi) is 6.20. The van der Waals surface area contributed by atoms with E-state index in [1.165, 1.54) is 0 Å². The molecule has 0 fully saturated rings. The van der Waals surface area contributed by atoms with Gasteiger partial charge in [0.2, 0.25) is 5.91 Å². The van der Waals surface area contributed by atoms with E-state index in [0.29, 0.717) is 17.7 Å². The van der Waals surface area contributed by atoms with Gasteiger partial charge < -0.3 is 10.4 Å². The largest absolute Gasteiger partial charge is 0.480 e. The van der Waals surface area contributed by atoms with Crippen LogP contribution in [-0.4, -0.2) is 29.6 Å². The molecular formula is C14H17N3O3. The van der Waals surface area contributed by atoms with Gasteiger partial charge in [0, 0.05) is 5.69 Å². The first kappa shape index (κ1) is 15.7. The van der Waals surface area contributed by atoms with Gasteiger partial charge >= 0.3 is 5.97 Å². The Labute approximate surface area is 117 Å². The molecule has 0 heterocycles. The predicted octanol–water partition coefficient (Wildman–Crippen LogP) is 1.34. The number of hydrogen-bond donors (Lipinski definition) is 3. The zero-order valence-electron chi connectivity index (χ0n) is 11.2. The van der Waals surface area contributed by atoms with Gasteiger partial charge in [0.05, 0.1) is 18.2 Å². The molecule has 1 aromatic carbocycles. The number of benzene rings is 1. The quantitative estimate of drug-likeness (QED) is 0.697. The first-order chi connectivity index (χ1) is 9.56. The van der Waals surface area contributed by atoms with E-state index in [1.54, 1.807) is 24.3 Å². The van der Waals surface area contributed by atoms with E-state index in [9.17, 15) is 9.59 Å². The molecule has 0 aliphatic heterocycles. The van der Waals surface area contributed by atoms with Crippen LogP contribution in [0, 0.1) is 11.3 Å². The van der Waals surface area contributed by atoms with E-state index < -0.39 is 12.0 Å². The molecule has 1 amide bonds. The van der Waals surface area contributed by atoms with Gasteiger partial charge in [-0.1, -0.05) is 13.3 Å². The van der Waals surface area contributed by atoms with Crippen molar-refractivity contribution in [1.82, 2.24) is 5.32 Å². The summed E-state index contributed by atoms with van der Waals surface area (Å²) in [5.74, 6) is -1.28. The number of anilines is 1. The van der Waals surface area contributed by atoms with Crippen molar-refractivity contribution in [3.05, 3.63) is 29.8 Å². The summed E-state index contributed by atoms with van der Waals surface area (Å²) in [6.07, 6.45) is 1.20. The molecule has 0 radical (unpaired) electrons. The smallest absolute Gasteiger partial charge is 0.320 e. The standard InChI is InChI=1S/C14H17N3O3/c1-2-3-12(14(19)20)16-9-13(18)17-11-6-4-10(8-15)5-7-11/h4-7,12,16H,2-3,9H2,1H3,(H,17,18)(H,19,20). The normalized spacial score (nSPS) is 11.4. The third-order valence-corrected chi connectivity index (χ3v) is 2.68. The molecular weight excluding hydrogens is 258 g/mol. The van der Waals surface area contributed by atoms with E-state index in [-0.39, 0.29) is 12.5 Å². The van der Waals surface area contributed by atoms with Crippen LogP contribution in [0.4, 0.5) is 5.69 Å². The lowest BCUT2D eigenvalue weighted by molar-refractivity contribution is -0.139. The minimum Gasteiger partial charge on any atom is -0.480 e. The Morgan fingerprint density at radius 1 is 1.35 bits per heavy atom. The van der Waals surface area contributed by atoms with Crippen molar-refractivity contribution in [2.75, 3.05) is 11.9 Å². The highest BCUT2D eigenvalue weighted by Crippen LogP contribution is 2.08. The molecule has 1 aromatic rings. The lowest BCUT2D eigenvalue weighted by Gasteiger charge is -2.13. The molecule has 6 heteroatoms. The Hall–Kier alpha value is -2.39. The summed E-state index contributed by atoms with van der Waals surface area (Å²) < 4.78 is 0. The molecule has 0 aliphatic carbocycles. The van der Waals surface area contributed by atoms with E-state index >= 15 is 0 Å². The average molecular weight is 275 g/mol. The summed E-state index contributed by atoms with van der Waals surface area (Å²) in [5, 5.41) is 22.9. The van der Waals surface area contributed by atoms with Crippen molar-refractivity contribution >= 4 is 17.6 Å². The molecule has 0 saturated carbocycles. The second-order valence-electron chi connectivity index (χ2n) is 4.30. The SMILES string of the molecule is CCCC(NCC(=O)Nc1ccc(C#N)cc1)C(=O)O. The van der Waals surface area contributed by atoms with Gasteiger partial charge in [-0.2, -0.15) is 5.26 Å². The van der Waals surface area contributed by atoms with E-state index in [2.05, 4.69) is 10.6 Å². The van der Waals surface area contributed by atoms with Crippen LogP contribution >= 0.6 is 0 Å². The Morgan fingerprint density at radius 3 is 2.50 bits per heavy atom. The van der Waals surface area contributed by atoms with Crippen LogP contribution in [-0.2, 0) is 9.59 Å². The van der Waals surface area contributed by atoms with Crippen molar-refractivity contribution in [3.63, 3.8) is 0 Å². The first-order valence-corrected chi connectivity index (χ1v) is 6.33. The monoisotopic (exact) mass is 275 g/mol. The van der Waals surface area contributed by atoms with Gasteiger partial charge in [-0.25, -0.2) is 0 Å². The lowest BCUT2D eigenvalue weighted by Crippen LogP contribution is -2.41. The molecule has 20 heavy (non-hydrogen) atoms. The van der Waals surface area contributed by atoms with Crippen molar-refractivity contribution in [3.8, 4) is 6.07 Å². The van der Waals surface area contributed by atoms with Crippen LogP contribution in [0.15, 0.2) is 24.3 Å². The number of aliphatic carboxylic acids is 1. The fourth-order valence-electron chi connectivity index (χ4n) is 1.65. The molecule has 1 atom stereocenters. The maximum Gasteiger partial charge on any atom is 0.320 e. The summed E-state index contributed by atoms with van der Waals surface area (Å²) in [6.45, 7) is 1.81. The maximum atomic E-state index is 11.7. The Balaban J connectivity index is 2.46. The fraction of sp³-hybridized carbons (Fsp3) is 0.357. The number of carboxylic acids is 1. The third kappa shape index (κ3) is 5.08. The minimum absolute atomic E-state index is 0.0725. The summed E-state index contributed by atoms with van der Waals surface area (Å²) in [7, 11) is 0. The maximum absolute atomic E-state index is 11.7. The Bertz CT molecular complexity index is 505. The molecule has 1 unspecified atom stereocenters. The number of nitrogens with one attached hydrogen (secondary N) is 2. The number of amides is 1. The molecule has 0 bridgehead atoms. The van der Waals surface area contributed by atoms with E-state index in [4.69, 9.17) is 10.4 Å². The van der Waals surface area contributed by atoms with Crippen LogP contribution in [0.25, 0.3) is 0 Å². The molecule has 0 aliphatic rings. The van der Waals surface area contributed by atoms with Gasteiger partial charge in [-0.15, -0.1) is 0 Å². The van der Waals surface area contributed by atoms with Crippen LogP contribution in [0.5, 0.6) is 0 Å². The lowest BCUT2D eigenvalue weighted by atomic mass is 10.1. The second-order valence-corrected chi connectivity index (χ2v) is 4.30. The second kappa shape index (κ2) is 7.92. The van der Waals surface area contributed by atoms with Crippen molar-refractivity contribution in [2.24, 2.45) is 0 Å². The first-order valence-electron chi connectivity index (χ1n) is 6.33. The number of nitrogens with zero attached hydrogens (tertiary/aromatic N) is 1. The minimum atomic E-state index is -0.960. The number of carbonyl (C=O) groups is 2. The number of nitriles is 1. The summed E-state index contributed by atoms with van der Waals surface area (Å²) in [6, 6.07) is 7.71. The van der Waals surface area contributed by atoms with Crippen LogP contribution in [0.1, 0.15) is 25.3 Å². The molecule has 6 nitrogen and oxygen atoms in total. The van der Waals surface area contributed by atoms with Crippen molar-refractivity contribution < 1.29 is 14.7 Å². The highest BCUT2D eigenvalue weighted by molar-refractivity contribution is 5.92. The van der Waals surface area contributed by atoms with Gasteiger partial charge in [0.1, 0.15) is 6.04 Å². The zero-order valence-corrected chi connectivity index (χ0v) is 11.2. The highest BCUT2D eigenvalue weighted by atomic mass is 16.4. The van der Waals surface area contributed by atoms with Gasteiger partial charge in [0.25, 0.3) is 0 Å². The molecule has 1 rings (SSSR count). The number of carboxylic acid groups (broad SMARTS) is 1. The molecule has 0 aromatic heterocycles. The van der Waals surface area contributed by atoms with Gasteiger partial charge in [0.15, 0.2) is 0 Å². The fourth-order valence-corrected chi connectivity index (χ4v) is 1.65. The molecule has 0 spiro atoms. The Morgan fingerprint density at radius 2 is 2.00 bits per heavy atom. The van der Waals surface area contributed by atoms with Crippen LogP contribution in [0.3, 0.4) is 0 Å². The molecule has 0 saturated heterocycles. The van der Waals surface area contributed by atoms with Gasteiger partial charge in [-0.05, 0) is 30.7 Å². The average Bonchev–Trinajstić information content (AvgIpc) is 2.44. The van der Waals surface area contributed by atoms with Crippen molar-refractivity contribution in [2.45, 2.75) is 25.8 Å². The third-order valence-electron chi connectivity index (χ3n) is 2.68. The number of hydrogen-bond acceptors (Lipinski definition) is 4. The summed E-state index contributed by atoms with van der Waals surface area (Å²) in [5.41, 5.74) is 1.08. The van der Waals surface area contributed by atoms with E-state index in [1.807, 2.05) is 13.0 Å². The van der Waals surface area contributed by atoms with E-state index in [0.717, 1.165) is 6.42 Å². The molecule has 106 valence electrons. The van der Waals surface area contributed by atoms with Crippen LogP contribution in [0.2, 0.25) is 0 Å².